The van der Waals surface area contributed by atoms with Gasteiger partial charge in [-0.15, -0.1) is 6.42 Å². The Labute approximate surface area is 199 Å². The van der Waals surface area contributed by atoms with Crippen LogP contribution in [0.1, 0.15) is 38.4 Å². The second kappa shape index (κ2) is 9.82. The Balaban J connectivity index is 1.79. The van der Waals surface area contributed by atoms with Crippen LogP contribution in [0.2, 0.25) is 0 Å². The highest BCUT2D eigenvalue weighted by molar-refractivity contribution is 6.36. The number of terminal acetylenes is 1. The van der Waals surface area contributed by atoms with Crippen LogP contribution in [0.15, 0.2) is 54.6 Å². The van der Waals surface area contributed by atoms with Gasteiger partial charge in [0.25, 0.3) is 11.8 Å². The Hall–Kier alpha value is -4.08. The number of nitrogens with zero attached hydrogens (tertiary/aromatic N) is 2. The van der Waals surface area contributed by atoms with Crippen LogP contribution in [0, 0.1) is 26.2 Å². The summed E-state index contributed by atoms with van der Waals surface area (Å²) in [4.78, 5) is 33.1. The molecule has 0 spiro atoms. The molecule has 0 unspecified atom stereocenters. The van der Waals surface area contributed by atoms with Crippen molar-refractivity contribution in [2.24, 2.45) is 0 Å². The molecule has 2 N–H and O–H groups in total. The Kier molecular flexibility index (Phi) is 6.67. The average molecular weight is 454 g/mol. The van der Waals surface area contributed by atoms with E-state index in [4.69, 9.17) is 6.42 Å². The van der Waals surface area contributed by atoms with Crippen molar-refractivity contribution in [1.29, 1.82) is 0 Å². The van der Waals surface area contributed by atoms with E-state index in [0.717, 1.165) is 28.1 Å². The first-order chi connectivity index (χ1) is 16.4. The third-order valence-corrected chi connectivity index (χ3v) is 5.90. The maximum absolute atomic E-state index is 13.6. The van der Waals surface area contributed by atoms with E-state index in [9.17, 15) is 14.7 Å². The number of carbonyl (C=O) groups excluding carboxylic acids is 2. The van der Waals surface area contributed by atoms with Crippen molar-refractivity contribution in [2.45, 2.75) is 20.4 Å². The van der Waals surface area contributed by atoms with Crippen LogP contribution in [0.3, 0.4) is 0 Å². The molecule has 0 saturated carbocycles. The lowest BCUT2D eigenvalue weighted by molar-refractivity contribution is -0.113. The second-order valence-corrected chi connectivity index (χ2v) is 8.37. The molecule has 0 atom stereocenters. The first-order valence-electron chi connectivity index (χ1n) is 11.1. The predicted octanol–water partition coefficient (Wildman–Crippen LogP) is 3.79. The Morgan fingerprint density at radius 1 is 1.18 bits per heavy atom. The molecule has 3 aromatic rings. The Morgan fingerprint density at radius 2 is 1.94 bits per heavy atom. The molecule has 6 nitrogen and oxygen atoms in total. The molecule has 0 aliphatic carbocycles. The van der Waals surface area contributed by atoms with Gasteiger partial charge in [-0.25, -0.2) is 0 Å². The van der Waals surface area contributed by atoms with Crippen LogP contribution in [0.4, 0.5) is 5.69 Å². The summed E-state index contributed by atoms with van der Waals surface area (Å²) in [6.07, 6.45) is 7.29. The van der Waals surface area contributed by atoms with Crippen LogP contribution in [0.25, 0.3) is 11.6 Å². The molecule has 4 rings (SSSR count). The number of fused-ring (bicyclic) bond motifs is 1. The number of H-pyrrole nitrogens is 1. The number of amides is 2. The zero-order chi connectivity index (χ0) is 24.2. The van der Waals surface area contributed by atoms with Gasteiger partial charge in [0.2, 0.25) is 0 Å². The van der Waals surface area contributed by atoms with Crippen LogP contribution < -0.4 is 4.90 Å². The number of aromatic amines is 1. The zero-order valence-corrected chi connectivity index (χ0v) is 19.3. The highest BCUT2D eigenvalue weighted by Gasteiger charge is 2.33. The second-order valence-electron chi connectivity index (χ2n) is 8.37. The van der Waals surface area contributed by atoms with Gasteiger partial charge >= 0.3 is 0 Å². The van der Waals surface area contributed by atoms with Crippen molar-refractivity contribution in [2.75, 3.05) is 24.6 Å². The minimum absolute atomic E-state index is 0.0970. The lowest BCUT2D eigenvalue weighted by Gasteiger charge is -2.21. The van der Waals surface area contributed by atoms with Gasteiger partial charge in [-0.05, 0) is 49.2 Å². The SMILES string of the molecule is C#CCN(CCO)C(=O)c1ccc2c(c1)N(Cc1ccccc1)C(=O)/C2=C\c1[nH]c(C)cc1C. The Bertz CT molecular complexity index is 1300. The molecule has 2 aromatic carbocycles. The summed E-state index contributed by atoms with van der Waals surface area (Å²) in [5.74, 6) is 2.06. The van der Waals surface area contributed by atoms with Gasteiger partial charge in [0.05, 0.1) is 31.0 Å². The number of aryl methyl sites for hydroxylation is 2. The summed E-state index contributed by atoms with van der Waals surface area (Å²) in [5.41, 5.74) is 6.40. The van der Waals surface area contributed by atoms with Gasteiger partial charge in [0.1, 0.15) is 0 Å². The molecule has 6 heteroatoms. The van der Waals surface area contributed by atoms with E-state index in [1.165, 1.54) is 4.90 Å². The molecule has 172 valence electrons. The maximum atomic E-state index is 13.6. The van der Waals surface area contributed by atoms with Crippen molar-refractivity contribution in [3.8, 4) is 12.3 Å². The molecular formula is C28H27N3O3. The van der Waals surface area contributed by atoms with Gasteiger partial charge in [-0.1, -0.05) is 42.3 Å². The first kappa shape index (κ1) is 23.1. The summed E-state index contributed by atoms with van der Waals surface area (Å²) in [6.45, 7) is 4.42. The van der Waals surface area contributed by atoms with E-state index in [0.29, 0.717) is 23.4 Å². The monoisotopic (exact) mass is 453 g/mol. The van der Waals surface area contributed by atoms with Crippen LogP contribution in [-0.2, 0) is 11.3 Å². The first-order valence-corrected chi connectivity index (χ1v) is 11.1. The average Bonchev–Trinajstić information content (AvgIpc) is 3.29. The standard InChI is InChI=1S/C28H27N3O3/c1-4-12-30(13-14-32)27(33)22-10-11-23-24(17-25-19(2)15-20(3)29-25)28(34)31(26(23)16-22)18-21-8-6-5-7-9-21/h1,5-11,15-17,29,32H,12-14,18H2,2-3H3/b24-17-. The summed E-state index contributed by atoms with van der Waals surface area (Å²) in [6, 6.07) is 17.1. The molecule has 0 fully saturated rings. The van der Waals surface area contributed by atoms with E-state index in [1.54, 1.807) is 17.0 Å². The predicted molar refractivity (Wildman–Crippen MR) is 134 cm³/mol. The number of hydrogen-bond donors (Lipinski definition) is 2. The smallest absolute Gasteiger partial charge is 0.259 e. The summed E-state index contributed by atoms with van der Waals surface area (Å²) in [5, 5.41) is 9.33. The molecule has 2 heterocycles. The lowest BCUT2D eigenvalue weighted by atomic mass is 10.0. The normalized spacial score (nSPS) is 13.8. The van der Waals surface area contributed by atoms with Crippen molar-refractivity contribution < 1.29 is 14.7 Å². The van der Waals surface area contributed by atoms with E-state index in [1.807, 2.05) is 62.4 Å². The van der Waals surface area contributed by atoms with Crippen LogP contribution >= 0.6 is 0 Å². The molecular weight excluding hydrogens is 426 g/mol. The molecule has 0 radical (unpaired) electrons. The molecule has 34 heavy (non-hydrogen) atoms. The van der Waals surface area contributed by atoms with Crippen molar-refractivity contribution in [1.82, 2.24) is 9.88 Å². The van der Waals surface area contributed by atoms with Crippen molar-refractivity contribution >= 4 is 29.2 Å². The van der Waals surface area contributed by atoms with E-state index >= 15 is 0 Å². The van der Waals surface area contributed by atoms with E-state index in [2.05, 4.69) is 10.9 Å². The maximum Gasteiger partial charge on any atom is 0.259 e. The number of hydrogen-bond acceptors (Lipinski definition) is 3. The topological polar surface area (TPSA) is 76.6 Å². The third kappa shape index (κ3) is 4.52. The summed E-state index contributed by atoms with van der Waals surface area (Å²) >= 11 is 0. The Morgan fingerprint density at radius 3 is 2.59 bits per heavy atom. The number of anilines is 1. The molecule has 1 aliphatic heterocycles. The van der Waals surface area contributed by atoms with Gasteiger partial charge in [-0.3, -0.25) is 9.59 Å². The summed E-state index contributed by atoms with van der Waals surface area (Å²) < 4.78 is 0. The van der Waals surface area contributed by atoms with Gasteiger partial charge < -0.3 is 19.9 Å². The fourth-order valence-corrected chi connectivity index (χ4v) is 4.26. The highest BCUT2D eigenvalue weighted by Crippen LogP contribution is 2.39. The van der Waals surface area contributed by atoms with Gasteiger partial charge in [-0.2, -0.15) is 0 Å². The van der Waals surface area contributed by atoms with Gasteiger partial charge in [0.15, 0.2) is 0 Å². The molecule has 0 bridgehead atoms. The van der Waals surface area contributed by atoms with Crippen LogP contribution in [0.5, 0.6) is 0 Å². The molecule has 1 aliphatic rings. The number of aliphatic hydroxyl groups excluding tert-OH is 1. The van der Waals surface area contributed by atoms with Gasteiger partial charge in [0, 0.05) is 29.1 Å². The van der Waals surface area contributed by atoms with Crippen LogP contribution in [-0.4, -0.2) is 46.5 Å². The molecule has 1 aromatic heterocycles. The minimum atomic E-state index is -0.282. The van der Waals surface area contributed by atoms with E-state index < -0.39 is 0 Å². The fraction of sp³-hybridized carbons (Fsp3) is 0.214. The fourth-order valence-electron chi connectivity index (χ4n) is 4.26. The molecule has 0 saturated heterocycles. The summed E-state index contributed by atoms with van der Waals surface area (Å²) in [7, 11) is 0. The van der Waals surface area contributed by atoms with Crippen molar-refractivity contribution in [3.05, 3.63) is 88.2 Å². The number of aromatic nitrogens is 1. The number of aliphatic hydroxyl groups is 1. The highest BCUT2D eigenvalue weighted by atomic mass is 16.3. The quantitative estimate of drug-likeness (QED) is 0.422. The number of nitrogens with one attached hydrogen (secondary N) is 1. The largest absolute Gasteiger partial charge is 0.395 e. The zero-order valence-electron chi connectivity index (χ0n) is 19.3. The molecule has 2 amide bonds. The third-order valence-electron chi connectivity index (χ3n) is 5.90. The lowest BCUT2D eigenvalue weighted by Crippen LogP contribution is -2.34. The minimum Gasteiger partial charge on any atom is -0.395 e. The van der Waals surface area contributed by atoms with Crippen molar-refractivity contribution in [3.63, 3.8) is 0 Å². The van der Waals surface area contributed by atoms with E-state index in [-0.39, 0.29) is 31.5 Å². The number of carbonyl (C=O) groups is 2. The number of benzene rings is 2. The number of rotatable bonds is 7.